The summed E-state index contributed by atoms with van der Waals surface area (Å²) in [5, 5.41) is 22.6. The fourth-order valence-corrected chi connectivity index (χ4v) is 6.51. The summed E-state index contributed by atoms with van der Waals surface area (Å²) in [4.78, 5) is 31.0. The number of aliphatic hydroxyl groups excluding tert-OH is 2. The second-order valence-electron chi connectivity index (χ2n) is 12.0. The molecule has 2 N–H and O–H groups in total. The number of esters is 1. The number of benzene rings is 1. The number of carbonyl (C=O) groups excluding carboxylic acids is 2. The minimum Gasteiger partial charge on any atom is -0.458 e. The standard InChI is InChI=1S/C30H41NO6S/c1-17-10-9-13-30(6)24(37-30)15-21(18(2)14-25-31-20-11-7-8-12-22(20)38-25)36-26(33)16-23(32)29(4,5)28(35)19(3)27(17)34/h7-8,11-12,14,17,19,21,23-24,27,32,34H,9-10,13,15-16H2,1-6H3/b18-14+/t17-,19+,21-,23-,24-,27-,30+/m0/s1. The van der Waals surface area contributed by atoms with Gasteiger partial charge < -0.3 is 19.7 Å². The van der Waals surface area contributed by atoms with Gasteiger partial charge in [0.05, 0.1) is 46.0 Å². The van der Waals surface area contributed by atoms with Crippen molar-refractivity contribution in [3.05, 3.63) is 34.8 Å². The lowest BCUT2D eigenvalue weighted by Crippen LogP contribution is -2.45. The highest BCUT2D eigenvalue weighted by atomic mass is 32.1. The summed E-state index contributed by atoms with van der Waals surface area (Å²) in [6.07, 6.45) is 1.92. The largest absolute Gasteiger partial charge is 0.458 e. The lowest BCUT2D eigenvalue weighted by Gasteiger charge is -2.34. The molecule has 0 saturated carbocycles. The van der Waals surface area contributed by atoms with Crippen LogP contribution in [0.3, 0.4) is 0 Å². The Hall–Kier alpha value is -2.13. The SMILES string of the molecule is C/C(=C\c1nc2ccccc2s1)[C@@H]1C[C@@H]2O[C@]2(C)CCC[C@H](C)[C@H](O)[C@@H](C)C(=O)C(C)(C)[C@@H](O)CC(=O)O1. The van der Waals surface area contributed by atoms with Crippen LogP contribution >= 0.6 is 11.3 Å². The van der Waals surface area contributed by atoms with Crippen LogP contribution in [0.2, 0.25) is 0 Å². The predicted octanol–water partition coefficient (Wildman–Crippen LogP) is 5.32. The molecule has 7 nitrogen and oxygen atoms in total. The molecule has 0 radical (unpaired) electrons. The monoisotopic (exact) mass is 543 g/mol. The number of fused-ring (bicyclic) bond motifs is 2. The molecule has 7 atom stereocenters. The van der Waals surface area contributed by atoms with Gasteiger partial charge in [-0.25, -0.2) is 4.98 Å². The fraction of sp³-hybridized carbons (Fsp3) is 0.633. The third-order valence-electron chi connectivity index (χ3n) is 8.58. The van der Waals surface area contributed by atoms with Crippen molar-refractivity contribution in [2.24, 2.45) is 17.3 Å². The average molecular weight is 544 g/mol. The van der Waals surface area contributed by atoms with Crippen molar-refractivity contribution >= 4 is 39.4 Å². The topological polar surface area (TPSA) is 109 Å². The molecule has 0 amide bonds. The first-order valence-electron chi connectivity index (χ1n) is 13.6. The summed E-state index contributed by atoms with van der Waals surface area (Å²) < 4.78 is 13.1. The minimum absolute atomic E-state index is 0.0611. The van der Waals surface area contributed by atoms with Crippen LogP contribution < -0.4 is 0 Å². The first kappa shape index (κ1) is 28.9. The molecule has 0 unspecified atom stereocenters. The third-order valence-corrected chi connectivity index (χ3v) is 9.56. The Morgan fingerprint density at radius 2 is 1.87 bits per heavy atom. The zero-order valence-corrected chi connectivity index (χ0v) is 24.1. The maximum absolute atomic E-state index is 13.3. The van der Waals surface area contributed by atoms with Crippen LogP contribution in [0, 0.1) is 17.3 Å². The van der Waals surface area contributed by atoms with Crippen molar-refractivity contribution in [1.29, 1.82) is 0 Å². The number of carbonyl (C=O) groups is 2. The Morgan fingerprint density at radius 3 is 2.58 bits per heavy atom. The summed E-state index contributed by atoms with van der Waals surface area (Å²) in [5.41, 5.74) is 0.251. The van der Waals surface area contributed by atoms with E-state index >= 15 is 0 Å². The van der Waals surface area contributed by atoms with E-state index in [1.807, 2.05) is 44.2 Å². The van der Waals surface area contributed by atoms with Crippen molar-refractivity contribution in [1.82, 2.24) is 4.98 Å². The van der Waals surface area contributed by atoms with Crippen LogP contribution in [-0.2, 0) is 19.1 Å². The molecule has 2 aromatic rings. The number of ether oxygens (including phenoxy) is 2. The molecule has 4 rings (SSSR count). The maximum atomic E-state index is 13.3. The van der Waals surface area contributed by atoms with Crippen molar-refractivity contribution in [3.8, 4) is 0 Å². The summed E-state index contributed by atoms with van der Waals surface area (Å²) in [7, 11) is 0. The number of Topliss-reactive ketones (excluding diaryl/α,β-unsaturated/α-hetero) is 1. The summed E-state index contributed by atoms with van der Waals surface area (Å²) >= 11 is 1.58. The molecule has 208 valence electrons. The number of aliphatic hydroxyl groups is 2. The smallest absolute Gasteiger partial charge is 0.309 e. The Kier molecular flexibility index (Phi) is 8.48. The maximum Gasteiger partial charge on any atom is 0.309 e. The molecule has 0 aliphatic carbocycles. The molecule has 1 aromatic carbocycles. The number of thiazole rings is 1. The van der Waals surface area contributed by atoms with Gasteiger partial charge >= 0.3 is 5.97 Å². The first-order chi connectivity index (χ1) is 17.8. The van der Waals surface area contributed by atoms with Gasteiger partial charge in [-0.3, -0.25) is 9.59 Å². The quantitative estimate of drug-likeness (QED) is 0.390. The van der Waals surface area contributed by atoms with Gasteiger partial charge in [0.2, 0.25) is 0 Å². The van der Waals surface area contributed by atoms with Crippen molar-refractivity contribution < 1.29 is 29.3 Å². The number of epoxide rings is 1. The molecule has 2 saturated heterocycles. The van der Waals surface area contributed by atoms with Crippen molar-refractivity contribution in [2.75, 3.05) is 0 Å². The van der Waals surface area contributed by atoms with Crippen LogP contribution in [0.15, 0.2) is 29.8 Å². The van der Waals surface area contributed by atoms with E-state index in [0.29, 0.717) is 6.42 Å². The highest BCUT2D eigenvalue weighted by molar-refractivity contribution is 7.19. The zero-order valence-electron chi connectivity index (χ0n) is 23.3. The predicted molar refractivity (Wildman–Crippen MR) is 149 cm³/mol. The van der Waals surface area contributed by atoms with Gasteiger partial charge in [-0.05, 0) is 56.4 Å². The number of para-hydroxylation sites is 1. The number of rotatable bonds is 2. The number of aromatic nitrogens is 1. The number of nitrogens with zero attached hydrogens (tertiary/aromatic N) is 1. The Balaban J connectivity index is 1.59. The van der Waals surface area contributed by atoms with E-state index in [1.165, 1.54) is 0 Å². The molecule has 8 heteroatoms. The van der Waals surface area contributed by atoms with E-state index in [0.717, 1.165) is 40.1 Å². The molecule has 0 spiro atoms. The second kappa shape index (κ2) is 11.2. The van der Waals surface area contributed by atoms with Crippen molar-refractivity contribution in [2.45, 2.75) is 104 Å². The molecule has 1 aromatic heterocycles. The van der Waals surface area contributed by atoms with Gasteiger partial charge in [0.1, 0.15) is 16.9 Å². The molecule has 2 fully saturated rings. The van der Waals surface area contributed by atoms with Gasteiger partial charge in [-0.15, -0.1) is 11.3 Å². The summed E-state index contributed by atoms with van der Waals surface area (Å²) in [5.74, 6) is -1.57. The van der Waals surface area contributed by atoms with E-state index < -0.39 is 35.6 Å². The number of hydrogen-bond donors (Lipinski definition) is 2. The summed E-state index contributed by atoms with van der Waals surface area (Å²) in [6, 6.07) is 7.94. The summed E-state index contributed by atoms with van der Waals surface area (Å²) in [6.45, 7) is 10.9. The zero-order chi connectivity index (χ0) is 27.8. The second-order valence-corrected chi connectivity index (χ2v) is 13.1. The molecule has 3 heterocycles. The van der Waals surface area contributed by atoms with Crippen LogP contribution in [0.5, 0.6) is 0 Å². The van der Waals surface area contributed by atoms with Crippen LogP contribution in [0.4, 0.5) is 0 Å². The first-order valence-corrected chi connectivity index (χ1v) is 14.4. The Bertz CT molecular complexity index is 1170. The van der Waals surface area contributed by atoms with Crippen molar-refractivity contribution in [3.63, 3.8) is 0 Å². The van der Waals surface area contributed by atoms with Crippen LogP contribution in [0.1, 0.15) is 78.7 Å². The number of ketones is 1. The highest BCUT2D eigenvalue weighted by Crippen LogP contribution is 2.45. The normalized spacial score (nSPS) is 35.5. The molecule has 0 bridgehead atoms. The Labute approximate surface area is 229 Å². The van der Waals surface area contributed by atoms with Gasteiger partial charge in [0.25, 0.3) is 0 Å². The number of hydrogen-bond acceptors (Lipinski definition) is 8. The van der Waals surface area contributed by atoms with E-state index in [2.05, 4.69) is 11.9 Å². The minimum atomic E-state index is -1.24. The lowest BCUT2D eigenvalue weighted by atomic mass is 9.73. The van der Waals surface area contributed by atoms with Gasteiger partial charge in [0.15, 0.2) is 0 Å². The molecular formula is C30H41NO6S. The van der Waals surface area contributed by atoms with Crippen LogP contribution in [0.25, 0.3) is 16.3 Å². The van der Waals surface area contributed by atoms with Gasteiger partial charge in [-0.2, -0.15) is 0 Å². The number of cyclic esters (lactones) is 1. The lowest BCUT2D eigenvalue weighted by molar-refractivity contribution is -0.154. The molecule has 38 heavy (non-hydrogen) atoms. The van der Waals surface area contributed by atoms with E-state index in [4.69, 9.17) is 9.47 Å². The van der Waals surface area contributed by atoms with E-state index in [-0.39, 0.29) is 29.8 Å². The highest BCUT2D eigenvalue weighted by Gasteiger charge is 2.53. The average Bonchev–Trinajstić information content (AvgIpc) is 3.30. The molecule has 2 aliphatic rings. The van der Waals surface area contributed by atoms with E-state index in [1.54, 1.807) is 32.1 Å². The fourth-order valence-electron chi connectivity index (χ4n) is 5.53. The van der Waals surface area contributed by atoms with Gasteiger partial charge in [-0.1, -0.05) is 46.2 Å². The van der Waals surface area contributed by atoms with Gasteiger partial charge in [0, 0.05) is 12.3 Å². The third kappa shape index (κ3) is 6.19. The van der Waals surface area contributed by atoms with Crippen LogP contribution in [-0.4, -0.2) is 57.0 Å². The molecule has 2 aliphatic heterocycles. The molecular weight excluding hydrogens is 502 g/mol. The van der Waals surface area contributed by atoms with E-state index in [9.17, 15) is 19.8 Å². The Morgan fingerprint density at radius 1 is 1.16 bits per heavy atom.